The summed E-state index contributed by atoms with van der Waals surface area (Å²) in [6, 6.07) is 11.1. The number of benzene rings is 2. The summed E-state index contributed by atoms with van der Waals surface area (Å²) in [6.45, 7) is 6.63. The highest BCUT2D eigenvalue weighted by Gasteiger charge is 2.27. The van der Waals surface area contributed by atoms with Crippen LogP contribution in [0.4, 0.5) is 19.3 Å². The van der Waals surface area contributed by atoms with Crippen LogP contribution < -0.4 is 5.32 Å². The Morgan fingerprint density at radius 1 is 1.18 bits per heavy atom. The molecule has 1 atom stereocenters. The Kier molecular flexibility index (Phi) is 7.15. The van der Waals surface area contributed by atoms with E-state index in [1.165, 1.54) is 13.0 Å². The number of carbonyl (C=O) groups excluding carboxylic acids is 1. The van der Waals surface area contributed by atoms with Crippen molar-refractivity contribution in [1.82, 2.24) is 0 Å². The van der Waals surface area contributed by atoms with Crippen molar-refractivity contribution in [2.75, 3.05) is 5.32 Å². The van der Waals surface area contributed by atoms with Gasteiger partial charge >= 0.3 is 6.09 Å². The molecular weight excluding hydrogens is 386 g/mol. The van der Waals surface area contributed by atoms with Gasteiger partial charge in [-0.1, -0.05) is 34.7 Å². The maximum absolute atomic E-state index is 14.8. The molecule has 0 spiro atoms. The summed E-state index contributed by atoms with van der Waals surface area (Å²) in [5, 5.41) is 2.09. The topological polar surface area (TPSA) is 73.8 Å². The molecule has 0 unspecified atom stereocenters. The lowest BCUT2D eigenvalue weighted by atomic mass is 10.1. The Bertz CT molecular complexity index is 868. The summed E-state index contributed by atoms with van der Waals surface area (Å²) < 4.78 is 49.3. The van der Waals surface area contributed by atoms with Gasteiger partial charge in [0.25, 0.3) is 0 Å². The van der Waals surface area contributed by atoms with Gasteiger partial charge in [0.1, 0.15) is 34.2 Å². The quantitative estimate of drug-likeness (QED) is 0.560. The van der Waals surface area contributed by atoms with Crippen LogP contribution in [0.2, 0.25) is 0 Å². The second kappa shape index (κ2) is 9.16. The van der Waals surface area contributed by atoms with Gasteiger partial charge in [0.15, 0.2) is 5.82 Å². The molecular formula is C20H22F2N2O3S. The summed E-state index contributed by atoms with van der Waals surface area (Å²) >= 11 is -1.61. The van der Waals surface area contributed by atoms with E-state index < -0.39 is 39.5 Å². The van der Waals surface area contributed by atoms with Crippen LogP contribution in [0.1, 0.15) is 38.8 Å². The Morgan fingerprint density at radius 2 is 1.82 bits per heavy atom. The number of halogens is 2. The number of nitrogens with zero attached hydrogens (tertiary/aromatic N) is 1. The van der Waals surface area contributed by atoms with E-state index in [4.69, 9.17) is 4.74 Å². The molecule has 1 amide bonds. The fraction of sp³-hybridized carbons (Fsp3) is 0.300. The van der Waals surface area contributed by atoms with Crippen LogP contribution in [0.5, 0.6) is 0 Å². The number of amides is 1. The smallest absolute Gasteiger partial charge is 0.412 e. The van der Waals surface area contributed by atoms with Gasteiger partial charge in [-0.05, 0) is 45.4 Å². The SMILES string of the molecule is C/C(=N\[S@+]([O-])C(C)(C)C)c1ccc(F)c(NC(=O)OCc2ccccc2)c1F. The Morgan fingerprint density at radius 3 is 2.43 bits per heavy atom. The minimum atomic E-state index is -1.61. The molecule has 8 heteroatoms. The fourth-order valence-corrected chi connectivity index (χ4v) is 2.74. The predicted octanol–water partition coefficient (Wildman–Crippen LogP) is 4.98. The summed E-state index contributed by atoms with van der Waals surface area (Å²) in [6.07, 6.45) is -0.994. The number of ether oxygens (including phenoxy) is 1. The number of nitrogens with one attached hydrogen (secondary N) is 1. The highest BCUT2D eigenvalue weighted by molar-refractivity contribution is 7.91. The highest BCUT2D eigenvalue weighted by Crippen LogP contribution is 2.25. The lowest BCUT2D eigenvalue weighted by Gasteiger charge is -2.19. The first kappa shape index (κ1) is 21.8. The zero-order chi connectivity index (χ0) is 20.9. The molecule has 0 aliphatic carbocycles. The Hall–Kier alpha value is -2.45. The molecule has 0 bridgehead atoms. The Balaban J connectivity index is 2.18. The number of rotatable bonds is 5. The van der Waals surface area contributed by atoms with Gasteiger partial charge in [-0.2, -0.15) is 0 Å². The first-order valence-electron chi connectivity index (χ1n) is 8.53. The summed E-state index contributed by atoms with van der Waals surface area (Å²) in [5.41, 5.74) is 0.162. The van der Waals surface area contributed by atoms with Crippen LogP contribution >= 0.6 is 0 Å². The maximum atomic E-state index is 14.8. The number of hydrogen-bond acceptors (Lipinski definition) is 4. The average Bonchev–Trinajstić information content (AvgIpc) is 2.63. The van der Waals surface area contributed by atoms with Crippen molar-refractivity contribution < 1.29 is 22.9 Å². The maximum Gasteiger partial charge on any atom is 0.412 e. The minimum absolute atomic E-state index is 0.0410. The molecule has 0 saturated carbocycles. The molecule has 28 heavy (non-hydrogen) atoms. The molecule has 0 aliphatic heterocycles. The van der Waals surface area contributed by atoms with Crippen LogP contribution in [-0.2, 0) is 22.7 Å². The summed E-state index contributed by atoms with van der Waals surface area (Å²) in [4.78, 5) is 11.9. The van der Waals surface area contributed by atoms with Gasteiger partial charge < -0.3 is 9.29 Å². The van der Waals surface area contributed by atoms with E-state index in [-0.39, 0.29) is 17.9 Å². The number of anilines is 1. The van der Waals surface area contributed by atoms with Crippen molar-refractivity contribution in [3.05, 3.63) is 65.2 Å². The van der Waals surface area contributed by atoms with E-state index in [1.807, 2.05) is 6.07 Å². The summed E-state index contributed by atoms with van der Waals surface area (Å²) in [5.74, 6) is -1.97. The molecule has 5 nitrogen and oxygen atoms in total. The van der Waals surface area contributed by atoms with Crippen molar-refractivity contribution in [3.63, 3.8) is 0 Å². The lowest BCUT2D eigenvalue weighted by Crippen LogP contribution is -2.27. The van der Waals surface area contributed by atoms with Gasteiger partial charge in [0.2, 0.25) is 0 Å². The first-order chi connectivity index (χ1) is 13.1. The van der Waals surface area contributed by atoms with Gasteiger partial charge in [-0.25, -0.2) is 13.6 Å². The van der Waals surface area contributed by atoms with Gasteiger partial charge in [-0.15, -0.1) is 0 Å². The monoisotopic (exact) mass is 408 g/mol. The van der Waals surface area contributed by atoms with Crippen LogP contribution in [0.15, 0.2) is 46.9 Å². The number of carbonyl (C=O) groups is 1. The van der Waals surface area contributed by atoms with Crippen LogP contribution in [0, 0.1) is 11.6 Å². The molecule has 0 radical (unpaired) electrons. The summed E-state index contributed by atoms with van der Waals surface area (Å²) in [7, 11) is 0. The van der Waals surface area contributed by atoms with E-state index in [1.54, 1.807) is 45.0 Å². The molecule has 2 rings (SSSR count). The van der Waals surface area contributed by atoms with Gasteiger partial charge in [0.05, 0.1) is 5.71 Å². The second-order valence-corrected chi connectivity index (χ2v) is 8.91. The van der Waals surface area contributed by atoms with Gasteiger partial charge in [-0.3, -0.25) is 5.32 Å². The molecule has 0 heterocycles. The Labute approximate surface area is 166 Å². The van der Waals surface area contributed by atoms with Crippen LogP contribution in [0.25, 0.3) is 0 Å². The highest BCUT2D eigenvalue weighted by atomic mass is 32.2. The third-order valence-electron chi connectivity index (χ3n) is 3.66. The predicted molar refractivity (Wildman–Crippen MR) is 107 cm³/mol. The zero-order valence-corrected chi connectivity index (χ0v) is 16.9. The average molecular weight is 408 g/mol. The lowest BCUT2D eigenvalue weighted by molar-refractivity contribution is 0.155. The minimum Gasteiger partial charge on any atom is -0.591 e. The third-order valence-corrected chi connectivity index (χ3v) is 5.15. The van der Waals surface area contributed by atoms with Crippen LogP contribution in [0.3, 0.4) is 0 Å². The van der Waals surface area contributed by atoms with Crippen molar-refractivity contribution >= 4 is 28.9 Å². The second-order valence-electron chi connectivity index (χ2n) is 7.01. The van der Waals surface area contributed by atoms with E-state index in [2.05, 4.69) is 9.71 Å². The van der Waals surface area contributed by atoms with E-state index in [0.717, 1.165) is 11.6 Å². The molecule has 0 fully saturated rings. The third kappa shape index (κ3) is 5.77. The fourth-order valence-electron chi connectivity index (χ4n) is 2.12. The largest absolute Gasteiger partial charge is 0.591 e. The van der Waals surface area contributed by atoms with Crippen molar-refractivity contribution in [1.29, 1.82) is 0 Å². The molecule has 0 aliphatic rings. The first-order valence-corrected chi connectivity index (χ1v) is 9.63. The van der Waals surface area contributed by atoms with Crippen LogP contribution in [-0.4, -0.2) is 21.1 Å². The van der Waals surface area contributed by atoms with Crippen molar-refractivity contribution in [2.45, 2.75) is 39.0 Å². The normalized spacial score (nSPS) is 13.2. The van der Waals surface area contributed by atoms with E-state index in [9.17, 15) is 18.1 Å². The van der Waals surface area contributed by atoms with Crippen molar-refractivity contribution in [2.24, 2.45) is 4.40 Å². The van der Waals surface area contributed by atoms with Crippen molar-refractivity contribution in [3.8, 4) is 0 Å². The molecule has 0 saturated heterocycles. The van der Waals surface area contributed by atoms with E-state index >= 15 is 0 Å². The van der Waals surface area contributed by atoms with E-state index in [0.29, 0.717) is 0 Å². The number of hydrogen-bond donors (Lipinski definition) is 1. The standard InChI is InChI=1S/C20H22F2N2O3S/c1-13(24-28(26)20(2,3)4)15-10-11-16(21)18(17(15)22)23-19(25)27-12-14-8-6-5-7-9-14/h5-11H,12H2,1-4H3,(H,23,25)/b24-13+/t28-/m1/s1. The molecule has 1 N–H and O–H groups in total. The van der Waals surface area contributed by atoms with Gasteiger partial charge in [0, 0.05) is 5.56 Å². The molecule has 2 aromatic rings. The zero-order valence-electron chi connectivity index (χ0n) is 16.1. The molecule has 150 valence electrons. The molecule has 2 aromatic carbocycles. The molecule has 0 aromatic heterocycles.